The second kappa shape index (κ2) is 6.23. The third-order valence-corrected chi connectivity index (χ3v) is 5.06. The van der Waals surface area contributed by atoms with Crippen molar-refractivity contribution in [2.45, 2.75) is 25.3 Å². The summed E-state index contributed by atoms with van der Waals surface area (Å²) in [5.41, 5.74) is 3.75. The summed E-state index contributed by atoms with van der Waals surface area (Å²) in [6, 6.07) is 7.22. The van der Waals surface area contributed by atoms with Crippen LogP contribution < -0.4 is 4.90 Å². The number of carboxylic acid groups (broad SMARTS) is 1. The number of fused-ring (bicyclic) bond motifs is 2. The molecular formula is C18H20N4O3. The molecule has 1 aromatic heterocycles. The molecule has 0 saturated heterocycles. The number of aromatic amines is 1. The van der Waals surface area contributed by atoms with E-state index in [-0.39, 0.29) is 5.91 Å². The highest BCUT2D eigenvalue weighted by Crippen LogP contribution is 2.30. The number of carbonyl (C=O) groups excluding carboxylic acids is 1. The molecular weight excluding hydrogens is 320 g/mol. The van der Waals surface area contributed by atoms with Crippen molar-refractivity contribution in [1.29, 1.82) is 0 Å². The zero-order chi connectivity index (χ0) is 17.4. The molecule has 0 spiro atoms. The Morgan fingerprint density at radius 2 is 2.08 bits per heavy atom. The number of rotatable bonds is 4. The summed E-state index contributed by atoms with van der Waals surface area (Å²) in [5, 5.41) is 9.57. The van der Waals surface area contributed by atoms with Crippen molar-refractivity contribution in [3.05, 3.63) is 47.5 Å². The van der Waals surface area contributed by atoms with Gasteiger partial charge in [-0.1, -0.05) is 18.2 Å². The molecule has 0 fully saturated rings. The average molecular weight is 340 g/mol. The number of aliphatic carboxylic acids is 1. The number of benzene rings is 1. The highest BCUT2D eigenvalue weighted by molar-refractivity contribution is 5.85. The number of aromatic nitrogens is 2. The number of imidazole rings is 1. The van der Waals surface area contributed by atoms with Crippen LogP contribution in [0, 0.1) is 0 Å². The molecule has 0 saturated carbocycles. The molecule has 2 aliphatic rings. The van der Waals surface area contributed by atoms with E-state index in [1.807, 2.05) is 12.1 Å². The molecule has 0 unspecified atom stereocenters. The summed E-state index contributed by atoms with van der Waals surface area (Å²) in [4.78, 5) is 35.1. The summed E-state index contributed by atoms with van der Waals surface area (Å²) in [6.45, 7) is 1.91. The van der Waals surface area contributed by atoms with E-state index in [1.54, 1.807) is 0 Å². The number of anilines is 1. The van der Waals surface area contributed by atoms with Crippen LogP contribution in [0.3, 0.4) is 0 Å². The van der Waals surface area contributed by atoms with Gasteiger partial charge in [0.1, 0.15) is 0 Å². The molecule has 7 heteroatoms. The van der Waals surface area contributed by atoms with Crippen LogP contribution >= 0.6 is 0 Å². The second-order valence-electron chi connectivity index (χ2n) is 6.46. The van der Waals surface area contributed by atoms with Crippen molar-refractivity contribution in [2.75, 3.05) is 24.5 Å². The van der Waals surface area contributed by atoms with Gasteiger partial charge >= 0.3 is 5.97 Å². The predicted molar refractivity (Wildman–Crippen MR) is 91.4 cm³/mol. The Hall–Kier alpha value is -2.83. The zero-order valence-electron chi connectivity index (χ0n) is 13.8. The Morgan fingerprint density at radius 1 is 1.24 bits per heavy atom. The fourth-order valence-electron chi connectivity index (χ4n) is 3.81. The largest absolute Gasteiger partial charge is 0.479 e. The van der Waals surface area contributed by atoms with Crippen LogP contribution in [0.1, 0.15) is 29.4 Å². The second-order valence-corrected chi connectivity index (χ2v) is 6.46. The molecule has 0 radical (unpaired) electrons. The fraction of sp³-hybridized carbons (Fsp3) is 0.389. The highest BCUT2D eigenvalue weighted by atomic mass is 16.4. The quantitative estimate of drug-likeness (QED) is 0.877. The molecule has 130 valence electrons. The monoisotopic (exact) mass is 340 g/mol. The Bertz CT molecular complexity index is 816. The lowest BCUT2D eigenvalue weighted by Crippen LogP contribution is -2.44. The summed E-state index contributed by atoms with van der Waals surface area (Å²) >= 11 is 0. The first-order valence-electron chi connectivity index (χ1n) is 8.52. The first-order chi connectivity index (χ1) is 12.1. The number of carbonyl (C=O) groups is 2. The van der Waals surface area contributed by atoms with Gasteiger partial charge in [-0.25, -0.2) is 9.78 Å². The number of nitrogens with zero attached hydrogens (tertiary/aromatic N) is 3. The number of hydrogen-bond acceptors (Lipinski definition) is 4. The third-order valence-electron chi connectivity index (χ3n) is 5.06. The topological polar surface area (TPSA) is 89.5 Å². The Labute approximate surface area is 145 Å². The van der Waals surface area contributed by atoms with Gasteiger partial charge in [-0.05, 0) is 18.1 Å². The van der Waals surface area contributed by atoms with Crippen molar-refractivity contribution in [3.8, 4) is 0 Å². The minimum absolute atomic E-state index is 0.134. The summed E-state index contributed by atoms with van der Waals surface area (Å²) in [6.07, 6.45) is 3.40. The molecule has 0 bridgehead atoms. The van der Waals surface area contributed by atoms with Crippen molar-refractivity contribution >= 4 is 17.6 Å². The van der Waals surface area contributed by atoms with Gasteiger partial charge in [0.05, 0.1) is 12.0 Å². The van der Waals surface area contributed by atoms with E-state index in [4.69, 9.17) is 0 Å². The first kappa shape index (κ1) is 15.7. The average Bonchev–Trinajstić information content (AvgIpc) is 3.25. The number of carboxylic acids is 1. The van der Waals surface area contributed by atoms with Crippen molar-refractivity contribution in [3.63, 3.8) is 0 Å². The lowest BCUT2D eigenvalue weighted by molar-refractivity contribution is -0.151. The van der Waals surface area contributed by atoms with E-state index in [0.29, 0.717) is 31.6 Å². The van der Waals surface area contributed by atoms with Crippen molar-refractivity contribution in [2.24, 2.45) is 0 Å². The fourth-order valence-corrected chi connectivity index (χ4v) is 3.81. The molecule has 1 atom stereocenters. The molecule has 2 aromatic rings. The molecule has 0 aliphatic carbocycles. The summed E-state index contributed by atoms with van der Waals surface area (Å²) in [5.74, 6) is -1.17. The van der Waals surface area contributed by atoms with Crippen molar-refractivity contribution < 1.29 is 14.7 Å². The molecule has 1 amide bonds. The van der Waals surface area contributed by atoms with Gasteiger partial charge in [-0.15, -0.1) is 0 Å². The first-order valence-corrected chi connectivity index (χ1v) is 8.52. The van der Waals surface area contributed by atoms with Gasteiger partial charge < -0.3 is 19.9 Å². The van der Waals surface area contributed by atoms with Crippen LogP contribution in [0.25, 0.3) is 0 Å². The zero-order valence-corrected chi connectivity index (χ0v) is 13.8. The SMILES string of the molecule is O=C(O)[C@H]1c2nc[nH]c2CCN1C(=O)CCN1CCc2ccccc21. The van der Waals surface area contributed by atoms with E-state index in [0.717, 1.165) is 18.7 Å². The van der Waals surface area contributed by atoms with Gasteiger partial charge in [-0.2, -0.15) is 0 Å². The number of amides is 1. The Kier molecular flexibility index (Phi) is 3.91. The minimum atomic E-state index is -1.03. The lowest BCUT2D eigenvalue weighted by atomic mass is 10.0. The van der Waals surface area contributed by atoms with Crippen LogP contribution in [-0.2, 0) is 22.4 Å². The standard InChI is InChI=1S/C18H20N4O3/c23-15(7-9-21-8-5-12-3-1-2-4-14(12)21)22-10-6-13-16(20-11-19-13)17(22)18(24)25/h1-4,11,17H,5-10H2,(H,19,20)(H,24,25)/t17-/m1/s1. The molecule has 7 nitrogen and oxygen atoms in total. The summed E-state index contributed by atoms with van der Waals surface area (Å²) < 4.78 is 0. The summed E-state index contributed by atoms with van der Waals surface area (Å²) in [7, 11) is 0. The van der Waals surface area contributed by atoms with Gasteiger partial charge in [0.15, 0.2) is 6.04 Å². The normalized spacial score (nSPS) is 18.8. The third kappa shape index (κ3) is 2.75. The Morgan fingerprint density at radius 3 is 2.92 bits per heavy atom. The maximum Gasteiger partial charge on any atom is 0.332 e. The molecule has 4 rings (SSSR count). The predicted octanol–water partition coefficient (Wildman–Crippen LogP) is 1.37. The van der Waals surface area contributed by atoms with E-state index in [9.17, 15) is 14.7 Å². The number of hydrogen-bond donors (Lipinski definition) is 2. The molecule has 2 N–H and O–H groups in total. The van der Waals surface area contributed by atoms with Gasteiger partial charge in [0.25, 0.3) is 0 Å². The van der Waals surface area contributed by atoms with Gasteiger partial charge in [0, 0.05) is 43.9 Å². The lowest BCUT2D eigenvalue weighted by Gasteiger charge is -2.32. The van der Waals surface area contributed by atoms with Crippen LogP contribution in [0.2, 0.25) is 0 Å². The molecule has 25 heavy (non-hydrogen) atoms. The highest BCUT2D eigenvalue weighted by Gasteiger charge is 2.37. The van der Waals surface area contributed by atoms with E-state index < -0.39 is 12.0 Å². The number of H-pyrrole nitrogens is 1. The van der Waals surface area contributed by atoms with Gasteiger partial charge in [-0.3, -0.25) is 4.79 Å². The molecule has 1 aromatic carbocycles. The van der Waals surface area contributed by atoms with Crippen LogP contribution in [-0.4, -0.2) is 51.5 Å². The minimum Gasteiger partial charge on any atom is -0.479 e. The van der Waals surface area contributed by atoms with Crippen LogP contribution in [0.15, 0.2) is 30.6 Å². The Balaban J connectivity index is 1.46. The van der Waals surface area contributed by atoms with Crippen LogP contribution in [0.4, 0.5) is 5.69 Å². The number of nitrogens with one attached hydrogen (secondary N) is 1. The smallest absolute Gasteiger partial charge is 0.332 e. The maximum absolute atomic E-state index is 12.7. The van der Waals surface area contributed by atoms with E-state index in [2.05, 4.69) is 27.0 Å². The number of para-hydroxylation sites is 1. The van der Waals surface area contributed by atoms with Gasteiger partial charge in [0.2, 0.25) is 5.91 Å². The van der Waals surface area contributed by atoms with Crippen molar-refractivity contribution in [1.82, 2.24) is 14.9 Å². The molecule has 3 heterocycles. The molecule has 2 aliphatic heterocycles. The van der Waals surface area contributed by atoms with E-state index in [1.165, 1.54) is 22.5 Å². The maximum atomic E-state index is 12.7. The van der Waals surface area contributed by atoms with Crippen LogP contribution in [0.5, 0.6) is 0 Å². The van der Waals surface area contributed by atoms with E-state index >= 15 is 0 Å².